The summed E-state index contributed by atoms with van der Waals surface area (Å²) in [5, 5.41) is 0.852. The van der Waals surface area contributed by atoms with Crippen molar-refractivity contribution in [1.82, 2.24) is 14.9 Å². The Balaban J connectivity index is 1.66. The molecule has 4 rings (SSSR count). The van der Waals surface area contributed by atoms with Crippen molar-refractivity contribution in [3.05, 3.63) is 47.7 Å². The molecule has 1 amide bonds. The predicted octanol–water partition coefficient (Wildman–Crippen LogP) is 3.57. The molecular formula is C21H23N3O4. The minimum atomic E-state index is -0.103. The van der Waals surface area contributed by atoms with Gasteiger partial charge in [-0.1, -0.05) is 0 Å². The zero-order valence-corrected chi connectivity index (χ0v) is 16.3. The summed E-state index contributed by atoms with van der Waals surface area (Å²) < 4.78 is 16.8. The number of methoxy groups -OCH3 is 2. The lowest BCUT2D eigenvalue weighted by Crippen LogP contribution is -2.39. The first-order chi connectivity index (χ1) is 13.6. The number of carbonyl (C=O) groups excluding carboxylic acids is 1. The zero-order valence-electron chi connectivity index (χ0n) is 16.3. The molecule has 0 spiro atoms. The van der Waals surface area contributed by atoms with E-state index in [1.807, 2.05) is 30.0 Å². The van der Waals surface area contributed by atoms with E-state index in [2.05, 4.69) is 9.97 Å². The van der Waals surface area contributed by atoms with Crippen molar-refractivity contribution in [2.75, 3.05) is 27.3 Å². The fraction of sp³-hybridized carbons (Fsp3) is 0.381. The summed E-state index contributed by atoms with van der Waals surface area (Å²) in [6.07, 6.45) is 5.23. The van der Waals surface area contributed by atoms with Gasteiger partial charge in [-0.15, -0.1) is 0 Å². The molecule has 1 atom stereocenters. The number of fused-ring (bicyclic) bond motifs is 1. The Kier molecular flexibility index (Phi) is 4.90. The lowest BCUT2D eigenvalue weighted by Gasteiger charge is -2.32. The van der Waals surface area contributed by atoms with Crippen LogP contribution in [-0.4, -0.2) is 48.1 Å². The number of aryl methyl sites for hydroxylation is 1. The van der Waals surface area contributed by atoms with Crippen LogP contribution in [0.3, 0.4) is 0 Å². The Labute approximate surface area is 163 Å². The molecule has 0 bridgehead atoms. The molecule has 1 saturated heterocycles. The number of ether oxygens (including phenoxy) is 2. The van der Waals surface area contributed by atoms with Crippen LogP contribution < -0.4 is 9.47 Å². The molecule has 1 fully saturated rings. The van der Waals surface area contributed by atoms with Crippen molar-refractivity contribution in [2.24, 2.45) is 0 Å². The molecule has 0 N–H and O–H groups in total. The second kappa shape index (κ2) is 7.50. The number of amides is 1. The summed E-state index contributed by atoms with van der Waals surface area (Å²) >= 11 is 0. The molecule has 0 saturated carbocycles. The van der Waals surface area contributed by atoms with Gasteiger partial charge in [-0.25, -0.2) is 9.97 Å². The van der Waals surface area contributed by atoms with Crippen LogP contribution in [0.25, 0.3) is 11.0 Å². The second-order valence-electron chi connectivity index (χ2n) is 6.96. The average Bonchev–Trinajstić information content (AvgIpc) is 3.09. The maximum Gasteiger partial charge on any atom is 0.289 e. The number of carbonyl (C=O) groups is 1. The summed E-state index contributed by atoms with van der Waals surface area (Å²) in [6.45, 7) is 3.22. The standard InChI is InChI=1S/C21H23N3O4/c1-13-15-6-7-17(26-2)20(27-3)19(15)28-18(13)21(25)24-10-4-5-14(11-24)16-8-9-22-12-23-16/h6-9,12,14H,4-5,10-11H2,1-3H3/t14-/m1/s1. The van der Waals surface area contributed by atoms with Gasteiger partial charge in [-0.05, 0) is 38.0 Å². The third-order valence-corrected chi connectivity index (χ3v) is 5.37. The summed E-state index contributed by atoms with van der Waals surface area (Å²) in [4.78, 5) is 23.4. The highest BCUT2D eigenvalue weighted by atomic mass is 16.5. The summed E-state index contributed by atoms with van der Waals surface area (Å²) in [5.41, 5.74) is 2.32. The van der Waals surface area contributed by atoms with E-state index in [9.17, 15) is 4.79 Å². The quantitative estimate of drug-likeness (QED) is 0.688. The van der Waals surface area contributed by atoms with Gasteiger partial charge in [-0.2, -0.15) is 0 Å². The predicted molar refractivity (Wildman–Crippen MR) is 104 cm³/mol. The Bertz CT molecular complexity index is 1000. The first-order valence-electron chi connectivity index (χ1n) is 9.33. The number of hydrogen-bond donors (Lipinski definition) is 0. The first-order valence-corrected chi connectivity index (χ1v) is 9.33. The van der Waals surface area contributed by atoms with E-state index in [-0.39, 0.29) is 11.8 Å². The Hall–Kier alpha value is -3.09. The maximum absolute atomic E-state index is 13.2. The van der Waals surface area contributed by atoms with Crippen molar-refractivity contribution in [2.45, 2.75) is 25.7 Å². The van der Waals surface area contributed by atoms with Crippen LogP contribution >= 0.6 is 0 Å². The van der Waals surface area contributed by atoms with E-state index >= 15 is 0 Å². The van der Waals surface area contributed by atoms with E-state index in [1.165, 1.54) is 0 Å². The topological polar surface area (TPSA) is 77.7 Å². The molecule has 1 aliphatic rings. The molecule has 7 heteroatoms. The summed E-state index contributed by atoms with van der Waals surface area (Å²) in [6, 6.07) is 5.64. The number of nitrogens with zero attached hydrogens (tertiary/aromatic N) is 3. The number of likely N-dealkylation sites (tertiary alicyclic amines) is 1. The molecule has 2 aromatic heterocycles. The smallest absolute Gasteiger partial charge is 0.289 e. The van der Waals surface area contributed by atoms with Gasteiger partial charge in [0, 0.05) is 41.8 Å². The second-order valence-corrected chi connectivity index (χ2v) is 6.96. The molecule has 0 unspecified atom stereocenters. The minimum absolute atomic E-state index is 0.103. The van der Waals surface area contributed by atoms with Crippen LogP contribution in [0.1, 0.15) is 40.6 Å². The third kappa shape index (κ3) is 3.06. The minimum Gasteiger partial charge on any atom is -0.493 e. The van der Waals surface area contributed by atoms with Gasteiger partial charge >= 0.3 is 0 Å². The van der Waals surface area contributed by atoms with Crippen LogP contribution in [-0.2, 0) is 0 Å². The van der Waals surface area contributed by atoms with Gasteiger partial charge in [0.25, 0.3) is 5.91 Å². The molecule has 7 nitrogen and oxygen atoms in total. The number of aromatic nitrogens is 2. The normalized spacial score (nSPS) is 17.0. The average molecular weight is 381 g/mol. The number of piperidine rings is 1. The van der Waals surface area contributed by atoms with E-state index in [4.69, 9.17) is 13.9 Å². The van der Waals surface area contributed by atoms with Crippen LogP contribution in [0.15, 0.2) is 35.1 Å². The van der Waals surface area contributed by atoms with Crippen LogP contribution in [0.2, 0.25) is 0 Å². The number of furan rings is 1. The lowest BCUT2D eigenvalue weighted by molar-refractivity contribution is 0.0675. The monoisotopic (exact) mass is 381 g/mol. The molecule has 1 aromatic carbocycles. The fourth-order valence-corrected chi connectivity index (χ4v) is 3.89. The van der Waals surface area contributed by atoms with Crippen molar-refractivity contribution in [1.29, 1.82) is 0 Å². The number of rotatable bonds is 4. The van der Waals surface area contributed by atoms with Gasteiger partial charge < -0.3 is 18.8 Å². The summed E-state index contributed by atoms with van der Waals surface area (Å²) in [7, 11) is 3.14. The Morgan fingerprint density at radius 3 is 2.82 bits per heavy atom. The van der Waals surface area contributed by atoms with E-state index < -0.39 is 0 Å². The van der Waals surface area contributed by atoms with Gasteiger partial charge in [0.1, 0.15) is 6.33 Å². The molecule has 3 heterocycles. The maximum atomic E-state index is 13.2. The van der Waals surface area contributed by atoms with E-state index in [0.717, 1.165) is 29.5 Å². The largest absolute Gasteiger partial charge is 0.493 e. The molecular weight excluding hydrogens is 358 g/mol. The number of benzene rings is 1. The van der Waals surface area contributed by atoms with Crippen molar-refractivity contribution in [3.8, 4) is 11.5 Å². The van der Waals surface area contributed by atoms with Crippen LogP contribution in [0, 0.1) is 6.92 Å². The van der Waals surface area contributed by atoms with Gasteiger partial charge in [-0.3, -0.25) is 4.79 Å². The third-order valence-electron chi connectivity index (χ3n) is 5.37. The SMILES string of the molecule is COc1ccc2c(C)c(C(=O)N3CCC[C@@H](c4ccncn4)C3)oc2c1OC. The highest BCUT2D eigenvalue weighted by Gasteiger charge is 2.30. The van der Waals surface area contributed by atoms with Crippen LogP contribution in [0.4, 0.5) is 0 Å². The Morgan fingerprint density at radius 2 is 2.11 bits per heavy atom. The van der Waals surface area contributed by atoms with Gasteiger partial charge in [0.2, 0.25) is 5.75 Å². The van der Waals surface area contributed by atoms with E-state index in [0.29, 0.717) is 35.9 Å². The highest BCUT2D eigenvalue weighted by Crippen LogP contribution is 2.39. The highest BCUT2D eigenvalue weighted by molar-refractivity contribution is 6.00. The van der Waals surface area contributed by atoms with Crippen molar-refractivity contribution < 1.29 is 18.7 Å². The van der Waals surface area contributed by atoms with Crippen LogP contribution in [0.5, 0.6) is 11.5 Å². The molecule has 0 aliphatic carbocycles. The van der Waals surface area contributed by atoms with Crippen molar-refractivity contribution >= 4 is 16.9 Å². The zero-order chi connectivity index (χ0) is 19.7. The molecule has 3 aromatic rings. The lowest BCUT2D eigenvalue weighted by atomic mass is 9.94. The molecule has 28 heavy (non-hydrogen) atoms. The number of hydrogen-bond acceptors (Lipinski definition) is 6. The van der Waals surface area contributed by atoms with Crippen molar-refractivity contribution in [3.63, 3.8) is 0 Å². The molecule has 1 aliphatic heterocycles. The molecule has 0 radical (unpaired) electrons. The van der Waals surface area contributed by atoms with E-state index in [1.54, 1.807) is 26.7 Å². The fourth-order valence-electron chi connectivity index (χ4n) is 3.89. The first kappa shape index (κ1) is 18.3. The van der Waals surface area contributed by atoms with Gasteiger partial charge in [0.05, 0.1) is 14.2 Å². The van der Waals surface area contributed by atoms with Gasteiger partial charge in [0.15, 0.2) is 17.1 Å². The molecule has 146 valence electrons. The Morgan fingerprint density at radius 1 is 1.25 bits per heavy atom. The summed E-state index contributed by atoms with van der Waals surface area (Å²) in [5.74, 6) is 1.53.